The van der Waals surface area contributed by atoms with Gasteiger partial charge in [0, 0.05) is 56.1 Å². The molecular formula is C24H30BClN8O3S. The zero-order valence-corrected chi connectivity index (χ0v) is 23.3. The van der Waals surface area contributed by atoms with Gasteiger partial charge in [0.2, 0.25) is 10.0 Å². The van der Waals surface area contributed by atoms with Crippen molar-refractivity contribution in [3.8, 4) is 11.1 Å². The van der Waals surface area contributed by atoms with Gasteiger partial charge in [0.1, 0.15) is 10.7 Å². The fraction of sp³-hybridized carbons (Fsp3) is 0.375. The van der Waals surface area contributed by atoms with Gasteiger partial charge in [-0.25, -0.2) is 17.7 Å². The number of anilines is 2. The van der Waals surface area contributed by atoms with Gasteiger partial charge in [0.25, 0.3) is 0 Å². The molecule has 1 fully saturated rings. The molecule has 38 heavy (non-hydrogen) atoms. The highest BCUT2D eigenvalue weighted by molar-refractivity contribution is 7.89. The number of benzene rings is 1. The molecule has 1 aliphatic rings. The first kappa shape index (κ1) is 26.6. The molecule has 1 saturated heterocycles. The second-order valence-corrected chi connectivity index (χ2v) is 12.3. The van der Waals surface area contributed by atoms with Gasteiger partial charge < -0.3 is 15.2 Å². The van der Waals surface area contributed by atoms with Gasteiger partial charge in [0.15, 0.2) is 5.65 Å². The standard InChI is InChI=1S/C24H30BClN8O3S/c1-25(35)33-9-5-6-16(15-33)21-11-23(29-18-7-8-20(26)22(10-18)38(36,37)31(2)3)34-24(30-21)19(13-28-34)17-12-27-32(4)14-17/h7-8,10-14,16,29,35H,5-6,9,15H2,1-4H3. The Labute approximate surface area is 227 Å². The summed E-state index contributed by atoms with van der Waals surface area (Å²) in [5.41, 5.74) is 3.78. The van der Waals surface area contributed by atoms with E-state index in [9.17, 15) is 13.4 Å². The molecule has 0 amide bonds. The molecule has 0 spiro atoms. The van der Waals surface area contributed by atoms with Gasteiger partial charge >= 0.3 is 7.05 Å². The summed E-state index contributed by atoms with van der Waals surface area (Å²) < 4.78 is 30.2. The summed E-state index contributed by atoms with van der Waals surface area (Å²) >= 11 is 6.27. The highest BCUT2D eigenvalue weighted by Crippen LogP contribution is 2.33. The van der Waals surface area contributed by atoms with Crippen molar-refractivity contribution in [1.82, 2.24) is 33.5 Å². The maximum atomic E-state index is 12.8. The van der Waals surface area contributed by atoms with E-state index < -0.39 is 17.1 Å². The monoisotopic (exact) mass is 556 g/mol. The lowest BCUT2D eigenvalue weighted by atomic mass is 9.80. The fourth-order valence-corrected chi connectivity index (χ4v) is 6.15. The van der Waals surface area contributed by atoms with Crippen LogP contribution in [0.15, 0.2) is 47.8 Å². The minimum absolute atomic E-state index is 0.0102. The van der Waals surface area contributed by atoms with E-state index in [-0.39, 0.29) is 15.8 Å². The van der Waals surface area contributed by atoms with Crippen molar-refractivity contribution in [3.05, 3.63) is 53.6 Å². The van der Waals surface area contributed by atoms with Gasteiger partial charge in [-0.15, -0.1) is 0 Å². The molecule has 200 valence electrons. The summed E-state index contributed by atoms with van der Waals surface area (Å²) in [5, 5.41) is 22.6. The molecule has 4 aromatic rings. The van der Waals surface area contributed by atoms with E-state index in [1.807, 2.05) is 24.1 Å². The van der Waals surface area contributed by atoms with Crippen LogP contribution in [-0.2, 0) is 17.1 Å². The van der Waals surface area contributed by atoms with Crippen LogP contribution in [0.3, 0.4) is 0 Å². The molecule has 0 saturated carbocycles. The molecule has 1 aromatic carbocycles. The molecule has 1 atom stereocenters. The Kier molecular flexibility index (Phi) is 7.22. The molecule has 1 unspecified atom stereocenters. The van der Waals surface area contributed by atoms with Crippen molar-refractivity contribution < 1.29 is 13.4 Å². The SMILES string of the molecule is CB(O)N1CCCC(c2cc(Nc3ccc(Cl)c(S(=O)(=O)N(C)C)c3)n3ncc(-c4cnn(C)c4)c3n2)C1. The van der Waals surface area contributed by atoms with E-state index in [4.69, 9.17) is 16.6 Å². The first-order valence-corrected chi connectivity index (χ1v) is 14.2. The molecule has 5 rings (SSSR count). The van der Waals surface area contributed by atoms with Crippen molar-refractivity contribution in [3.63, 3.8) is 0 Å². The maximum absolute atomic E-state index is 12.8. The summed E-state index contributed by atoms with van der Waals surface area (Å²) in [4.78, 5) is 7.08. The van der Waals surface area contributed by atoms with Crippen LogP contribution in [0.2, 0.25) is 11.8 Å². The minimum atomic E-state index is -3.75. The molecule has 0 bridgehead atoms. The molecule has 4 heterocycles. The van der Waals surface area contributed by atoms with Gasteiger partial charge in [0.05, 0.1) is 23.1 Å². The van der Waals surface area contributed by atoms with Crippen LogP contribution in [0.25, 0.3) is 16.8 Å². The first-order chi connectivity index (χ1) is 18.0. The second-order valence-electron chi connectivity index (χ2n) is 9.79. The number of hydrogen-bond acceptors (Lipinski definition) is 8. The average Bonchev–Trinajstić information content (AvgIpc) is 3.51. The first-order valence-electron chi connectivity index (χ1n) is 12.3. The van der Waals surface area contributed by atoms with Crippen LogP contribution in [0, 0.1) is 0 Å². The summed E-state index contributed by atoms with van der Waals surface area (Å²) in [6, 6.07) is 6.75. The molecule has 3 aromatic heterocycles. The zero-order valence-electron chi connectivity index (χ0n) is 21.7. The Hall–Kier alpha value is -2.97. The van der Waals surface area contributed by atoms with E-state index in [2.05, 4.69) is 15.5 Å². The van der Waals surface area contributed by atoms with Gasteiger partial charge in [-0.05, 0) is 51.0 Å². The number of nitrogens with one attached hydrogen (secondary N) is 1. The number of nitrogens with zero attached hydrogens (tertiary/aromatic N) is 7. The van der Waals surface area contributed by atoms with E-state index >= 15 is 0 Å². The van der Waals surface area contributed by atoms with Crippen LogP contribution in [0.1, 0.15) is 24.5 Å². The van der Waals surface area contributed by atoms with Crippen LogP contribution in [-0.4, -0.2) is 81.2 Å². The van der Waals surface area contributed by atoms with Crippen LogP contribution < -0.4 is 5.32 Å². The fourth-order valence-electron chi connectivity index (χ4n) is 4.75. The third-order valence-corrected chi connectivity index (χ3v) is 9.17. The minimum Gasteiger partial charge on any atom is -0.437 e. The second kappa shape index (κ2) is 10.3. The zero-order chi connectivity index (χ0) is 27.2. The number of hydrogen-bond donors (Lipinski definition) is 2. The number of halogens is 1. The summed E-state index contributed by atoms with van der Waals surface area (Å²) in [7, 11) is 0.507. The van der Waals surface area contributed by atoms with E-state index in [0.717, 1.165) is 40.5 Å². The maximum Gasteiger partial charge on any atom is 0.376 e. The van der Waals surface area contributed by atoms with Crippen molar-refractivity contribution in [2.24, 2.45) is 7.05 Å². The van der Waals surface area contributed by atoms with Crippen LogP contribution in [0.5, 0.6) is 0 Å². The Morgan fingerprint density at radius 1 is 1.21 bits per heavy atom. The largest absolute Gasteiger partial charge is 0.437 e. The Morgan fingerprint density at radius 3 is 2.68 bits per heavy atom. The number of aromatic nitrogens is 5. The van der Waals surface area contributed by atoms with Crippen molar-refractivity contribution in [2.45, 2.75) is 30.5 Å². The van der Waals surface area contributed by atoms with Crippen molar-refractivity contribution in [2.75, 3.05) is 32.5 Å². The Balaban J connectivity index is 1.62. The number of aryl methyl sites for hydroxylation is 1. The molecule has 1 aliphatic heterocycles. The Morgan fingerprint density at radius 2 is 2.00 bits per heavy atom. The number of piperidine rings is 1. The smallest absolute Gasteiger partial charge is 0.376 e. The number of sulfonamides is 1. The predicted octanol–water partition coefficient (Wildman–Crippen LogP) is 3.07. The third-order valence-electron chi connectivity index (χ3n) is 6.87. The number of rotatable bonds is 7. The van der Waals surface area contributed by atoms with Gasteiger partial charge in [-0.1, -0.05) is 11.6 Å². The van der Waals surface area contributed by atoms with Gasteiger partial charge in [-0.2, -0.15) is 14.7 Å². The van der Waals surface area contributed by atoms with Crippen LogP contribution >= 0.6 is 11.6 Å². The summed E-state index contributed by atoms with van der Waals surface area (Å²) in [6.45, 7) is 3.30. The van der Waals surface area contributed by atoms with E-state index in [1.54, 1.807) is 40.5 Å². The highest BCUT2D eigenvalue weighted by atomic mass is 35.5. The molecule has 14 heteroatoms. The molecule has 11 nitrogen and oxygen atoms in total. The van der Waals surface area contributed by atoms with E-state index in [0.29, 0.717) is 23.7 Å². The normalized spacial score (nSPS) is 16.9. The predicted molar refractivity (Wildman–Crippen MR) is 148 cm³/mol. The molecule has 0 radical (unpaired) electrons. The quantitative estimate of drug-likeness (QED) is 0.333. The van der Waals surface area contributed by atoms with E-state index in [1.165, 1.54) is 20.2 Å². The van der Waals surface area contributed by atoms with Crippen LogP contribution in [0.4, 0.5) is 11.5 Å². The topological polar surface area (TPSA) is 121 Å². The molecule has 2 N–H and O–H groups in total. The highest BCUT2D eigenvalue weighted by Gasteiger charge is 2.28. The lowest BCUT2D eigenvalue weighted by Crippen LogP contribution is -2.43. The van der Waals surface area contributed by atoms with Crippen molar-refractivity contribution in [1.29, 1.82) is 0 Å². The van der Waals surface area contributed by atoms with Crippen molar-refractivity contribution >= 4 is 45.8 Å². The number of fused-ring (bicyclic) bond motifs is 1. The summed E-state index contributed by atoms with van der Waals surface area (Å²) in [5.74, 6) is 0.736. The summed E-state index contributed by atoms with van der Waals surface area (Å²) in [6.07, 6.45) is 7.32. The third kappa shape index (κ3) is 5.04. The Bertz CT molecular complexity index is 1590. The molecular weight excluding hydrogens is 527 g/mol. The molecule has 0 aliphatic carbocycles. The van der Waals surface area contributed by atoms with Gasteiger partial charge in [-0.3, -0.25) is 4.68 Å². The lowest BCUT2D eigenvalue weighted by Gasteiger charge is -2.33. The lowest BCUT2D eigenvalue weighted by molar-refractivity contribution is 0.283. The average molecular weight is 557 g/mol.